The number of thioether (sulfide) groups is 1. The molecule has 1 aliphatic rings. The van der Waals surface area contributed by atoms with Gasteiger partial charge < -0.3 is 15.5 Å². The molecule has 0 aliphatic heterocycles. The Balaban J connectivity index is 1.98. The van der Waals surface area contributed by atoms with Crippen LogP contribution in [0.1, 0.15) is 38.9 Å². The lowest BCUT2D eigenvalue weighted by molar-refractivity contribution is 0.128. The van der Waals surface area contributed by atoms with E-state index in [9.17, 15) is 0 Å². The number of ether oxygens (including phenoxy) is 1. The zero-order chi connectivity index (χ0) is 15.1. The number of nitrogens with one attached hydrogen (secondary N) is 2. The number of anilines is 2. The van der Waals surface area contributed by atoms with E-state index in [0.717, 1.165) is 11.1 Å². The van der Waals surface area contributed by atoms with Crippen LogP contribution in [-0.2, 0) is 11.3 Å². The molecule has 0 amide bonds. The Labute approximate surface area is 130 Å². The Bertz CT molecular complexity index is 445. The van der Waals surface area contributed by atoms with Crippen molar-refractivity contribution in [3.8, 4) is 0 Å². The summed E-state index contributed by atoms with van der Waals surface area (Å²) in [5.74, 6) is 8.73. The molecule has 1 aromatic heterocycles. The van der Waals surface area contributed by atoms with Gasteiger partial charge in [0.05, 0.1) is 0 Å². The van der Waals surface area contributed by atoms with Crippen molar-refractivity contribution in [3.05, 3.63) is 11.9 Å². The average molecular weight is 311 g/mol. The van der Waals surface area contributed by atoms with Crippen LogP contribution >= 0.6 is 11.8 Å². The van der Waals surface area contributed by atoms with Crippen molar-refractivity contribution in [2.24, 2.45) is 5.84 Å². The van der Waals surface area contributed by atoms with Crippen LogP contribution in [0.2, 0.25) is 0 Å². The van der Waals surface area contributed by atoms with Crippen LogP contribution in [0.25, 0.3) is 0 Å². The van der Waals surface area contributed by atoms with Crippen LogP contribution < -0.4 is 16.6 Å². The van der Waals surface area contributed by atoms with E-state index in [1.807, 2.05) is 13.0 Å². The molecule has 4 N–H and O–H groups in total. The molecule has 1 aliphatic carbocycles. The lowest BCUT2D eigenvalue weighted by atomic mass is 10.2. The Morgan fingerprint density at radius 1 is 1.33 bits per heavy atom. The largest absolute Gasteiger partial charge is 0.374 e. The fraction of sp³-hybridized carbons (Fsp3) is 0.714. The second-order valence-electron chi connectivity index (χ2n) is 5.07. The topological polar surface area (TPSA) is 85.1 Å². The first kappa shape index (κ1) is 16.3. The van der Waals surface area contributed by atoms with Gasteiger partial charge in [-0.1, -0.05) is 6.92 Å². The standard InChI is InChI=1S/C14H25N5OS/c1-3-20-9-14-17-12(8-13(18-14)19-15)16-10-5-6-11(7-10)21-4-2/h8,10-11H,3-7,9,15H2,1-2H3,(H2,16,17,18,19). The molecule has 1 fully saturated rings. The number of nitrogens with zero attached hydrogens (tertiary/aromatic N) is 2. The van der Waals surface area contributed by atoms with Gasteiger partial charge in [-0.15, -0.1) is 0 Å². The molecule has 0 saturated heterocycles. The van der Waals surface area contributed by atoms with Gasteiger partial charge in [-0.3, -0.25) is 0 Å². The molecule has 1 saturated carbocycles. The van der Waals surface area contributed by atoms with E-state index in [1.54, 1.807) is 0 Å². The summed E-state index contributed by atoms with van der Waals surface area (Å²) in [6.07, 6.45) is 3.65. The van der Waals surface area contributed by atoms with Gasteiger partial charge >= 0.3 is 0 Å². The highest BCUT2D eigenvalue weighted by atomic mass is 32.2. The second kappa shape index (κ2) is 8.41. The lowest BCUT2D eigenvalue weighted by Crippen LogP contribution is -2.19. The van der Waals surface area contributed by atoms with E-state index in [0.29, 0.717) is 30.9 Å². The van der Waals surface area contributed by atoms with E-state index >= 15 is 0 Å². The molecule has 1 aromatic rings. The van der Waals surface area contributed by atoms with Gasteiger partial charge in [0, 0.05) is 24.0 Å². The average Bonchev–Trinajstić information content (AvgIpc) is 2.92. The van der Waals surface area contributed by atoms with Crippen molar-refractivity contribution in [2.45, 2.75) is 51.0 Å². The number of rotatable bonds is 8. The van der Waals surface area contributed by atoms with Gasteiger partial charge in [0.1, 0.15) is 18.2 Å². The van der Waals surface area contributed by atoms with Crippen molar-refractivity contribution >= 4 is 23.4 Å². The molecule has 118 valence electrons. The highest BCUT2D eigenvalue weighted by Crippen LogP contribution is 2.31. The summed E-state index contributed by atoms with van der Waals surface area (Å²) in [4.78, 5) is 8.80. The molecule has 7 heteroatoms. The van der Waals surface area contributed by atoms with E-state index < -0.39 is 0 Å². The zero-order valence-corrected chi connectivity index (χ0v) is 13.6. The van der Waals surface area contributed by atoms with Crippen LogP contribution in [0.4, 0.5) is 11.6 Å². The number of nitrogen functional groups attached to an aromatic ring is 1. The van der Waals surface area contributed by atoms with Gasteiger partial charge in [0.25, 0.3) is 0 Å². The fourth-order valence-electron chi connectivity index (χ4n) is 2.57. The monoisotopic (exact) mass is 311 g/mol. The number of aromatic nitrogens is 2. The number of hydrogen-bond acceptors (Lipinski definition) is 7. The van der Waals surface area contributed by atoms with E-state index in [1.165, 1.54) is 25.0 Å². The van der Waals surface area contributed by atoms with Crippen molar-refractivity contribution in [1.29, 1.82) is 0 Å². The SMILES string of the molecule is CCOCc1nc(NN)cc(NC2CCC(SCC)C2)n1. The molecule has 0 aromatic carbocycles. The Kier molecular flexibility index (Phi) is 6.53. The van der Waals surface area contributed by atoms with Gasteiger partial charge in [-0.05, 0) is 31.9 Å². The summed E-state index contributed by atoms with van der Waals surface area (Å²) in [6.45, 7) is 5.22. The summed E-state index contributed by atoms with van der Waals surface area (Å²) in [6, 6.07) is 2.32. The van der Waals surface area contributed by atoms with E-state index in [-0.39, 0.29) is 0 Å². The van der Waals surface area contributed by atoms with Crippen LogP contribution in [0.15, 0.2) is 6.07 Å². The third-order valence-electron chi connectivity index (χ3n) is 3.49. The molecular formula is C14H25N5OS. The third-order valence-corrected chi connectivity index (χ3v) is 4.73. The minimum Gasteiger partial charge on any atom is -0.374 e. The maximum Gasteiger partial charge on any atom is 0.158 e. The number of hydrazine groups is 1. The van der Waals surface area contributed by atoms with Crippen LogP contribution in [0, 0.1) is 0 Å². The quantitative estimate of drug-likeness (QED) is 0.502. The smallest absolute Gasteiger partial charge is 0.158 e. The molecule has 1 heterocycles. The van der Waals surface area contributed by atoms with Gasteiger partial charge in [0.15, 0.2) is 5.82 Å². The van der Waals surface area contributed by atoms with Crippen LogP contribution in [0.3, 0.4) is 0 Å². The molecule has 0 radical (unpaired) electrons. The third kappa shape index (κ3) is 5.01. The summed E-state index contributed by atoms with van der Waals surface area (Å²) < 4.78 is 5.37. The van der Waals surface area contributed by atoms with Gasteiger partial charge in [-0.2, -0.15) is 11.8 Å². The highest BCUT2D eigenvalue weighted by Gasteiger charge is 2.24. The van der Waals surface area contributed by atoms with Crippen LogP contribution in [0.5, 0.6) is 0 Å². The Morgan fingerprint density at radius 3 is 2.86 bits per heavy atom. The van der Waals surface area contributed by atoms with Crippen molar-refractivity contribution in [3.63, 3.8) is 0 Å². The van der Waals surface area contributed by atoms with Crippen molar-refractivity contribution in [1.82, 2.24) is 9.97 Å². The van der Waals surface area contributed by atoms with Crippen molar-refractivity contribution < 1.29 is 4.74 Å². The predicted octanol–water partition coefficient (Wildman–Crippen LogP) is 2.38. The summed E-state index contributed by atoms with van der Waals surface area (Å²) >= 11 is 2.05. The molecular weight excluding hydrogens is 286 g/mol. The first-order chi connectivity index (χ1) is 10.2. The maximum absolute atomic E-state index is 5.47. The number of nitrogens with two attached hydrogens (primary N) is 1. The summed E-state index contributed by atoms with van der Waals surface area (Å²) in [5.41, 5.74) is 2.59. The van der Waals surface area contributed by atoms with Gasteiger partial charge in [0.2, 0.25) is 0 Å². The molecule has 0 bridgehead atoms. The first-order valence-corrected chi connectivity index (χ1v) is 8.60. The minimum atomic E-state index is 0.402. The molecule has 0 spiro atoms. The molecule has 2 atom stereocenters. The summed E-state index contributed by atoms with van der Waals surface area (Å²) in [7, 11) is 0. The first-order valence-electron chi connectivity index (χ1n) is 7.55. The molecule has 21 heavy (non-hydrogen) atoms. The Hall–Kier alpha value is -1.05. The molecule has 2 rings (SSSR count). The van der Waals surface area contributed by atoms with E-state index in [4.69, 9.17) is 10.6 Å². The summed E-state index contributed by atoms with van der Waals surface area (Å²) in [5, 5.41) is 4.27. The lowest BCUT2D eigenvalue weighted by Gasteiger charge is -2.15. The normalized spacial score (nSPS) is 21.5. The number of hydrogen-bond donors (Lipinski definition) is 3. The predicted molar refractivity (Wildman–Crippen MR) is 88.4 cm³/mol. The van der Waals surface area contributed by atoms with Crippen LogP contribution in [-0.4, -0.2) is 33.6 Å². The fourth-order valence-corrected chi connectivity index (χ4v) is 3.71. The second-order valence-corrected chi connectivity index (χ2v) is 6.65. The minimum absolute atomic E-state index is 0.402. The molecule has 6 nitrogen and oxygen atoms in total. The van der Waals surface area contributed by atoms with Gasteiger partial charge in [-0.25, -0.2) is 15.8 Å². The van der Waals surface area contributed by atoms with Crippen molar-refractivity contribution in [2.75, 3.05) is 23.1 Å². The Morgan fingerprint density at radius 2 is 2.14 bits per heavy atom. The van der Waals surface area contributed by atoms with E-state index in [2.05, 4.69) is 39.4 Å². The highest BCUT2D eigenvalue weighted by molar-refractivity contribution is 7.99. The maximum atomic E-state index is 5.47. The molecule has 2 unspecified atom stereocenters. The zero-order valence-electron chi connectivity index (χ0n) is 12.8.